The normalized spacial score (nSPS) is 19.8. The van der Waals surface area contributed by atoms with Crippen molar-refractivity contribution in [2.75, 3.05) is 60.0 Å². The van der Waals surface area contributed by atoms with E-state index in [1.54, 1.807) is 46.0 Å². The van der Waals surface area contributed by atoms with Crippen molar-refractivity contribution in [1.82, 2.24) is 40.1 Å². The Morgan fingerprint density at radius 1 is 0.839 bits per heavy atom. The molecule has 7 N–H and O–H groups in total. The summed E-state index contributed by atoms with van der Waals surface area (Å²) in [7, 11) is 3.15. The third-order valence-corrected chi connectivity index (χ3v) is 17.1. The van der Waals surface area contributed by atoms with E-state index in [9.17, 15) is 53.7 Å². The number of nitrogens with one attached hydrogen (secondary N) is 2. The lowest BCUT2D eigenvalue weighted by atomic mass is 9.95. The maximum Gasteiger partial charge on any atom is 0.303 e. The molecule has 3 aromatic rings. The molecule has 0 aliphatic carbocycles. The molecule has 8 amide bonds. The summed E-state index contributed by atoms with van der Waals surface area (Å²) in [5, 5.41) is 38.4. The maximum absolute atomic E-state index is 15.1. The number of hydrogen-bond donors (Lipinski definition) is 6. The van der Waals surface area contributed by atoms with Crippen LogP contribution in [0.1, 0.15) is 125 Å². The van der Waals surface area contributed by atoms with Gasteiger partial charge in [-0.1, -0.05) is 76.6 Å². The molecule has 4 heterocycles. The van der Waals surface area contributed by atoms with Crippen molar-refractivity contribution in [3.05, 3.63) is 94.0 Å². The molecule has 1 aromatic heterocycles. The topological polar surface area (TPSA) is 321 Å². The zero-order valence-corrected chi connectivity index (χ0v) is 51.7. The average Bonchev–Trinajstić information content (AvgIpc) is 3.22. The molecule has 6 rings (SSSR count). The maximum atomic E-state index is 15.1. The van der Waals surface area contributed by atoms with Gasteiger partial charge in [0.1, 0.15) is 40.7 Å². The number of aliphatic hydroxyl groups excluding tert-OH is 3. The Hall–Kier alpha value is -7.16. The molecule has 0 saturated carbocycles. The van der Waals surface area contributed by atoms with E-state index in [4.69, 9.17) is 19.9 Å². The van der Waals surface area contributed by atoms with Gasteiger partial charge in [0.15, 0.2) is 6.10 Å². The second-order valence-electron chi connectivity index (χ2n) is 23.0. The number of thiazole rings is 1. The minimum atomic E-state index is -1.42. The van der Waals surface area contributed by atoms with Gasteiger partial charge in [0.25, 0.3) is 17.7 Å². The molecule has 87 heavy (non-hydrogen) atoms. The van der Waals surface area contributed by atoms with Gasteiger partial charge in [-0.3, -0.25) is 48.1 Å². The summed E-state index contributed by atoms with van der Waals surface area (Å²) in [6, 6.07) is 11.4. The Morgan fingerprint density at radius 3 is 2.10 bits per heavy atom. The molecule has 0 spiro atoms. The van der Waals surface area contributed by atoms with E-state index in [2.05, 4.69) is 15.6 Å². The van der Waals surface area contributed by atoms with Crippen LogP contribution in [0.5, 0.6) is 5.75 Å². The lowest BCUT2D eigenvalue weighted by Gasteiger charge is -2.37. The third-order valence-electron chi connectivity index (χ3n) is 16.2. The summed E-state index contributed by atoms with van der Waals surface area (Å²) in [6.07, 6.45) is -0.628. The van der Waals surface area contributed by atoms with Crippen LogP contribution >= 0.6 is 11.3 Å². The molecule has 3 aliphatic rings. The third kappa shape index (κ3) is 19.7. The second-order valence-corrected chi connectivity index (χ2v) is 23.9. The van der Waals surface area contributed by atoms with Crippen molar-refractivity contribution >= 4 is 64.6 Å². The number of carbonyl (C=O) groups excluding carboxylic acids is 9. The molecular weight excluding hydrogens is 1140 g/mol. The number of nitrogens with zero attached hydrogens (tertiary/aromatic N) is 6. The number of amides is 8. The van der Waals surface area contributed by atoms with Crippen molar-refractivity contribution in [2.45, 2.75) is 160 Å². The predicted molar refractivity (Wildman–Crippen MR) is 321 cm³/mol. The number of hydrogen-bond acceptors (Lipinski definition) is 18. The predicted octanol–water partition coefficient (Wildman–Crippen LogP) is 2.67. The number of nitrogens with two attached hydrogens (primary N) is 1. The van der Waals surface area contributed by atoms with Gasteiger partial charge in [-0.2, -0.15) is 0 Å². The van der Waals surface area contributed by atoms with Gasteiger partial charge in [-0.25, -0.2) is 4.98 Å². The smallest absolute Gasteiger partial charge is 0.303 e. The first-order chi connectivity index (χ1) is 41.5. The number of esters is 1. The first-order valence-corrected chi connectivity index (χ1v) is 30.9. The van der Waals surface area contributed by atoms with Gasteiger partial charge in [-0.05, 0) is 67.3 Å². The largest absolute Gasteiger partial charge is 0.462 e. The van der Waals surface area contributed by atoms with Crippen molar-refractivity contribution in [1.29, 1.82) is 0 Å². The summed E-state index contributed by atoms with van der Waals surface area (Å²) in [5.74, 6) is -3.86. The average molecular weight is 1230 g/mol. The van der Waals surface area contributed by atoms with E-state index < -0.39 is 96.9 Å². The zero-order chi connectivity index (χ0) is 63.5. The minimum Gasteiger partial charge on any atom is -0.462 e. The summed E-state index contributed by atoms with van der Waals surface area (Å²) in [4.78, 5) is 134. The number of rotatable bonds is 31. The minimum absolute atomic E-state index is 0.000185. The lowest BCUT2D eigenvalue weighted by molar-refractivity contribution is -0.240. The summed E-state index contributed by atoms with van der Waals surface area (Å²) >= 11 is 1.08. The number of likely N-dealkylation sites (N-methyl/N-ethyl adjacent to an activating group) is 1. The molecule has 10 atom stereocenters. The molecule has 0 bridgehead atoms. The fourth-order valence-corrected chi connectivity index (χ4v) is 11.5. The van der Waals surface area contributed by atoms with Crippen molar-refractivity contribution in [3.8, 4) is 5.75 Å². The van der Waals surface area contributed by atoms with Crippen molar-refractivity contribution < 1.29 is 72.7 Å². The van der Waals surface area contributed by atoms with E-state index in [1.165, 1.54) is 36.4 Å². The Balaban J connectivity index is 1.24. The molecule has 0 radical (unpaired) electrons. The van der Waals surface area contributed by atoms with Crippen LogP contribution in [0.4, 0.5) is 0 Å². The van der Waals surface area contributed by atoms with Crippen LogP contribution in [0.3, 0.4) is 0 Å². The van der Waals surface area contributed by atoms with Crippen molar-refractivity contribution in [3.63, 3.8) is 0 Å². The Bertz CT molecular complexity index is 2830. The van der Waals surface area contributed by atoms with Gasteiger partial charge < -0.3 is 65.5 Å². The van der Waals surface area contributed by atoms with E-state index in [0.717, 1.165) is 28.2 Å². The van der Waals surface area contributed by atoms with Gasteiger partial charge in [0.05, 0.1) is 18.8 Å². The van der Waals surface area contributed by atoms with Crippen molar-refractivity contribution in [2.24, 2.45) is 17.6 Å². The molecule has 4 unspecified atom stereocenters. The zero-order valence-electron chi connectivity index (χ0n) is 50.9. The lowest BCUT2D eigenvalue weighted by Crippen LogP contribution is -2.59. The number of aromatic nitrogens is 1. The second kappa shape index (κ2) is 33.3. The monoisotopic (exact) mass is 1230 g/mol. The first kappa shape index (κ1) is 68.9. The van der Waals surface area contributed by atoms with Crippen LogP contribution in [0.2, 0.25) is 0 Å². The summed E-state index contributed by atoms with van der Waals surface area (Å²) < 4.78 is 17.4. The van der Waals surface area contributed by atoms with Crippen LogP contribution in [0.25, 0.3) is 0 Å². The molecule has 476 valence electrons. The van der Waals surface area contributed by atoms with Crippen LogP contribution in [0, 0.1) is 11.8 Å². The van der Waals surface area contributed by atoms with Gasteiger partial charge in [-0.15, -0.1) is 11.3 Å². The molecule has 3 aliphatic heterocycles. The molecule has 2 fully saturated rings. The summed E-state index contributed by atoms with van der Waals surface area (Å²) in [6.45, 7) is 9.94. The molecule has 2 saturated heterocycles. The van der Waals surface area contributed by atoms with E-state index in [0.29, 0.717) is 29.8 Å². The fraction of sp³-hybridized carbons (Fsp3) is 0.581. The Labute approximate surface area is 512 Å². The van der Waals surface area contributed by atoms with Crippen LogP contribution < -0.4 is 21.1 Å². The number of ether oxygens (including phenoxy) is 3. The SMILES string of the molecule is CC[C@H](C)CC(=O)N(C)[C@H](C[C@@H](OC(C)=O)c1nc(C(=O)N(C)[C@@H](Cc2ccc(OC3OC(CO)CC(O)C3O)cc2)C(=O)N[C@H](CCCCN)C(=O)N[C@@H](Cc2ccccc2)C(=O)N2CCN(C(=O)CCCN3C(=O)C=CC3=O)CC2)cs1)C(C)C. The standard InChI is InChI=1S/C62H87N9O15S/c1-8-39(4)31-55(78)67(6)48(38(2)3)35-51(84-40(5)73)59-66-47(37-87-59)60(82)68(7)49(33-42-19-21-43(22-20-42)85-62-56(79)50(74)34-44(36-72)86-62)58(81)64-45(17-12-13-25-63)57(80)65-46(32-41-15-10-9-11-16-41)61(83)70-29-27-69(28-30-70)52(75)18-14-26-71-53(76)23-24-54(71)77/h9-11,15-16,19-24,37-39,44-46,48-51,56,62,72,74,79H,8,12-14,17-18,25-36,63H2,1-7H3,(H,64,81)(H,65,80)/t39-,44?,45+,46-,48+,49-,50?,51+,56?,62?/m0/s1. The van der Waals surface area contributed by atoms with Crippen LogP contribution in [-0.4, -0.2) is 207 Å². The first-order valence-electron chi connectivity index (χ1n) is 30.0. The van der Waals surface area contributed by atoms with Gasteiger partial charge in [0.2, 0.25) is 35.8 Å². The number of unbranched alkanes of at least 4 members (excludes halogenated alkanes) is 1. The number of aliphatic hydroxyl groups is 3. The molecule has 2 aromatic carbocycles. The molecule has 24 nitrogen and oxygen atoms in total. The number of carbonyl (C=O) groups is 9. The highest BCUT2D eigenvalue weighted by Crippen LogP contribution is 2.32. The van der Waals surface area contributed by atoms with Gasteiger partial charge in [0, 0.05) is 116 Å². The van der Waals surface area contributed by atoms with E-state index >= 15 is 4.79 Å². The molecular formula is C62H87N9O15S. The van der Waals surface area contributed by atoms with Crippen LogP contribution in [-0.2, 0) is 60.7 Å². The Kier molecular flexibility index (Phi) is 26.4. The Morgan fingerprint density at radius 2 is 1.48 bits per heavy atom. The van der Waals surface area contributed by atoms with Crippen LogP contribution in [0.15, 0.2) is 72.1 Å². The quantitative estimate of drug-likeness (QED) is 0.0306. The van der Waals surface area contributed by atoms with E-state index in [1.807, 2.05) is 58.0 Å². The fourth-order valence-electron chi connectivity index (χ4n) is 10.7. The highest BCUT2D eigenvalue weighted by atomic mass is 32.1. The van der Waals surface area contributed by atoms with E-state index in [-0.39, 0.29) is 125 Å². The highest BCUT2D eigenvalue weighted by Gasteiger charge is 2.40. The number of piperazine rings is 1. The number of benzene rings is 2. The van der Waals surface area contributed by atoms with Gasteiger partial charge >= 0.3 is 5.97 Å². The highest BCUT2D eigenvalue weighted by molar-refractivity contribution is 7.09. The number of imide groups is 1. The molecule has 25 heteroatoms. The summed E-state index contributed by atoms with van der Waals surface area (Å²) in [5.41, 5.74) is 7.12.